The third-order valence-corrected chi connectivity index (χ3v) is 5.09. The number of phenols is 1. The Bertz CT molecular complexity index is 1160. The molecule has 0 unspecified atom stereocenters. The van der Waals surface area contributed by atoms with Crippen LogP contribution in [0.4, 0.5) is 10.5 Å². The Kier molecular flexibility index (Phi) is 6.68. The van der Waals surface area contributed by atoms with Crippen LogP contribution in [0.5, 0.6) is 11.5 Å². The van der Waals surface area contributed by atoms with E-state index in [2.05, 4.69) is 5.32 Å². The Labute approximate surface area is 185 Å². The molecule has 3 N–H and O–H groups in total. The molecule has 0 saturated carbocycles. The number of aliphatic carboxylic acids is 1. The monoisotopic (exact) mass is 435 g/mol. The molecule has 3 rings (SSSR count). The number of amides is 1. The van der Waals surface area contributed by atoms with E-state index in [0.29, 0.717) is 11.3 Å². The number of phenolic OH excluding ortho intramolecular Hbond substituents is 1. The maximum atomic E-state index is 12.9. The van der Waals surface area contributed by atoms with Crippen LogP contribution in [0.2, 0.25) is 0 Å². The second-order valence-corrected chi connectivity index (χ2v) is 7.86. The van der Waals surface area contributed by atoms with E-state index in [-0.39, 0.29) is 11.5 Å². The van der Waals surface area contributed by atoms with Crippen molar-refractivity contribution in [3.05, 3.63) is 78.4 Å². The van der Waals surface area contributed by atoms with Gasteiger partial charge in [-0.05, 0) is 29.1 Å². The molecule has 0 heterocycles. The SMILES string of the molecule is COc1ccc([C@@H](OC(=O)Nc2cccc3ccccc23)C(C)(C)/C=C/C(=O)O)cc1O. The van der Waals surface area contributed by atoms with Crippen molar-refractivity contribution >= 4 is 28.5 Å². The summed E-state index contributed by atoms with van der Waals surface area (Å²) in [5.41, 5.74) is 0.162. The van der Waals surface area contributed by atoms with Crippen LogP contribution in [-0.4, -0.2) is 29.4 Å². The zero-order valence-electron chi connectivity index (χ0n) is 18.0. The number of carbonyl (C=O) groups is 2. The van der Waals surface area contributed by atoms with E-state index in [9.17, 15) is 14.7 Å². The number of methoxy groups -OCH3 is 1. The van der Waals surface area contributed by atoms with Gasteiger partial charge in [-0.25, -0.2) is 9.59 Å². The second kappa shape index (κ2) is 9.43. The summed E-state index contributed by atoms with van der Waals surface area (Å²) in [5.74, 6) is -0.965. The number of anilines is 1. The first-order chi connectivity index (χ1) is 15.2. The minimum Gasteiger partial charge on any atom is -0.504 e. The maximum Gasteiger partial charge on any atom is 0.412 e. The fraction of sp³-hybridized carbons (Fsp3) is 0.200. The predicted octanol–water partition coefficient (Wildman–Crippen LogP) is 5.51. The standard InChI is InChI=1S/C25H25NO6/c1-25(2,14-13-22(28)29)23(17-11-12-21(31-3)20(27)15-17)32-24(30)26-19-10-6-8-16-7-4-5-9-18(16)19/h4-15,23,27H,1-3H3,(H,26,30)(H,28,29)/b14-13+/t23-/m1/s1. The summed E-state index contributed by atoms with van der Waals surface area (Å²) in [6, 6.07) is 17.8. The van der Waals surface area contributed by atoms with Crippen LogP contribution in [0.3, 0.4) is 0 Å². The quantitative estimate of drug-likeness (QED) is 0.423. The lowest BCUT2D eigenvalue weighted by atomic mass is 9.82. The van der Waals surface area contributed by atoms with Gasteiger partial charge in [0.25, 0.3) is 0 Å². The number of hydrogen-bond donors (Lipinski definition) is 3. The number of hydrogen-bond acceptors (Lipinski definition) is 5. The molecule has 0 aliphatic heterocycles. The molecule has 1 atom stereocenters. The third kappa shape index (κ3) is 5.18. The number of aromatic hydroxyl groups is 1. The summed E-state index contributed by atoms with van der Waals surface area (Å²) in [4.78, 5) is 23.9. The van der Waals surface area contributed by atoms with Crippen molar-refractivity contribution in [3.8, 4) is 11.5 Å². The van der Waals surface area contributed by atoms with Gasteiger partial charge < -0.3 is 19.7 Å². The summed E-state index contributed by atoms with van der Waals surface area (Å²) < 4.78 is 10.9. The van der Waals surface area contributed by atoms with E-state index in [1.54, 1.807) is 32.0 Å². The Morgan fingerprint density at radius 1 is 1.06 bits per heavy atom. The third-order valence-electron chi connectivity index (χ3n) is 5.09. The van der Waals surface area contributed by atoms with Crippen LogP contribution in [0.25, 0.3) is 10.8 Å². The van der Waals surface area contributed by atoms with Crippen LogP contribution >= 0.6 is 0 Å². The zero-order valence-corrected chi connectivity index (χ0v) is 18.0. The number of rotatable bonds is 7. The maximum absolute atomic E-state index is 12.9. The Hall–Kier alpha value is -4.00. The molecule has 7 nitrogen and oxygen atoms in total. The van der Waals surface area contributed by atoms with Crippen molar-refractivity contribution in [1.29, 1.82) is 0 Å². The lowest BCUT2D eigenvalue weighted by Crippen LogP contribution is -2.28. The van der Waals surface area contributed by atoms with Crippen LogP contribution in [0.1, 0.15) is 25.5 Å². The normalized spacial score (nSPS) is 12.5. The number of carbonyl (C=O) groups excluding carboxylic acids is 1. The van der Waals surface area contributed by atoms with Gasteiger partial charge in [0.1, 0.15) is 6.10 Å². The van der Waals surface area contributed by atoms with E-state index in [1.165, 1.54) is 19.3 Å². The van der Waals surface area contributed by atoms with E-state index < -0.39 is 23.6 Å². The van der Waals surface area contributed by atoms with Gasteiger partial charge in [-0.15, -0.1) is 0 Å². The van der Waals surface area contributed by atoms with Gasteiger partial charge in [0.2, 0.25) is 0 Å². The van der Waals surface area contributed by atoms with E-state index in [4.69, 9.17) is 14.6 Å². The number of ether oxygens (including phenoxy) is 2. The van der Waals surface area contributed by atoms with Crippen molar-refractivity contribution in [1.82, 2.24) is 0 Å². The molecule has 0 fully saturated rings. The fourth-order valence-electron chi connectivity index (χ4n) is 3.47. The number of nitrogens with one attached hydrogen (secondary N) is 1. The van der Waals surface area contributed by atoms with Crippen LogP contribution in [0, 0.1) is 5.41 Å². The Balaban J connectivity index is 1.93. The molecule has 166 valence electrons. The highest BCUT2D eigenvalue weighted by Gasteiger charge is 2.33. The number of benzene rings is 3. The van der Waals surface area contributed by atoms with Crippen molar-refractivity contribution in [2.24, 2.45) is 5.41 Å². The molecule has 0 aromatic heterocycles. The first kappa shape index (κ1) is 22.7. The van der Waals surface area contributed by atoms with Gasteiger partial charge >= 0.3 is 12.1 Å². The van der Waals surface area contributed by atoms with E-state index in [1.807, 2.05) is 36.4 Å². The molecule has 0 aliphatic carbocycles. The van der Waals surface area contributed by atoms with E-state index >= 15 is 0 Å². The molecule has 0 saturated heterocycles. The van der Waals surface area contributed by atoms with Gasteiger partial charge in [0, 0.05) is 16.9 Å². The molecule has 3 aromatic carbocycles. The topological polar surface area (TPSA) is 105 Å². The lowest BCUT2D eigenvalue weighted by Gasteiger charge is -2.31. The molecule has 7 heteroatoms. The first-order valence-electron chi connectivity index (χ1n) is 9.96. The molecule has 0 aliphatic rings. The van der Waals surface area contributed by atoms with Crippen molar-refractivity contribution in [2.75, 3.05) is 12.4 Å². The lowest BCUT2D eigenvalue weighted by molar-refractivity contribution is -0.131. The van der Waals surface area contributed by atoms with Crippen molar-refractivity contribution < 1.29 is 29.3 Å². The molecular formula is C25H25NO6. The molecular weight excluding hydrogens is 410 g/mol. The number of carboxylic acid groups (broad SMARTS) is 1. The van der Waals surface area contributed by atoms with E-state index in [0.717, 1.165) is 16.8 Å². The van der Waals surface area contributed by atoms with Gasteiger partial charge in [-0.2, -0.15) is 0 Å². The zero-order chi connectivity index (χ0) is 23.3. The Morgan fingerprint density at radius 2 is 1.78 bits per heavy atom. The molecule has 3 aromatic rings. The summed E-state index contributed by atoms with van der Waals surface area (Å²) in [5, 5.41) is 23.9. The summed E-state index contributed by atoms with van der Waals surface area (Å²) in [7, 11) is 1.43. The highest BCUT2D eigenvalue weighted by Crippen LogP contribution is 2.41. The summed E-state index contributed by atoms with van der Waals surface area (Å²) >= 11 is 0. The first-order valence-corrected chi connectivity index (χ1v) is 9.96. The largest absolute Gasteiger partial charge is 0.504 e. The smallest absolute Gasteiger partial charge is 0.412 e. The molecule has 1 amide bonds. The highest BCUT2D eigenvalue weighted by molar-refractivity contribution is 6.00. The van der Waals surface area contributed by atoms with Crippen molar-refractivity contribution in [2.45, 2.75) is 20.0 Å². The molecule has 0 spiro atoms. The van der Waals surface area contributed by atoms with Crippen LogP contribution < -0.4 is 10.1 Å². The average molecular weight is 435 g/mol. The molecule has 0 radical (unpaired) electrons. The summed E-state index contributed by atoms with van der Waals surface area (Å²) in [6.45, 7) is 3.48. The average Bonchev–Trinajstić information content (AvgIpc) is 2.76. The van der Waals surface area contributed by atoms with Gasteiger partial charge in [-0.3, -0.25) is 5.32 Å². The van der Waals surface area contributed by atoms with Gasteiger partial charge in [-0.1, -0.05) is 62.4 Å². The minimum atomic E-state index is -1.12. The predicted molar refractivity (Wildman–Crippen MR) is 122 cm³/mol. The minimum absolute atomic E-state index is 0.119. The Morgan fingerprint density at radius 3 is 2.47 bits per heavy atom. The second-order valence-electron chi connectivity index (χ2n) is 7.86. The number of carboxylic acids is 1. The molecule has 32 heavy (non-hydrogen) atoms. The van der Waals surface area contributed by atoms with Gasteiger partial charge in [0.05, 0.1) is 12.8 Å². The van der Waals surface area contributed by atoms with Crippen LogP contribution in [-0.2, 0) is 9.53 Å². The van der Waals surface area contributed by atoms with Crippen LogP contribution in [0.15, 0.2) is 72.8 Å². The van der Waals surface area contributed by atoms with Crippen molar-refractivity contribution in [3.63, 3.8) is 0 Å². The number of fused-ring (bicyclic) bond motifs is 1. The fourth-order valence-corrected chi connectivity index (χ4v) is 3.47. The van der Waals surface area contributed by atoms with Gasteiger partial charge in [0.15, 0.2) is 11.5 Å². The molecule has 0 bridgehead atoms. The highest BCUT2D eigenvalue weighted by atomic mass is 16.6. The summed E-state index contributed by atoms with van der Waals surface area (Å²) in [6.07, 6.45) is 0.845.